The summed E-state index contributed by atoms with van der Waals surface area (Å²) in [6.07, 6.45) is 4.73. The minimum absolute atomic E-state index is 0.128. The number of anilines is 2. The Bertz CT molecular complexity index is 513. The first-order chi connectivity index (χ1) is 9.09. The van der Waals surface area contributed by atoms with E-state index < -0.39 is 0 Å². The molecular formula is C14H18ClN3O. The highest BCUT2D eigenvalue weighted by Crippen LogP contribution is 2.39. The lowest BCUT2D eigenvalue weighted by atomic mass is 10.1. The Balaban J connectivity index is 2.10. The van der Waals surface area contributed by atoms with Gasteiger partial charge in [0.15, 0.2) is 5.82 Å². The van der Waals surface area contributed by atoms with Gasteiger partial charge in [0.05, 0.1) is 5.69 Å². The van der Waals surface area contributed by atoms with E-state index in [1.165, 1.54) is 12.8 Å². The molecule has 0 saturated heterocycles. The van der Waals surface area contributed by atoms with Gasteiger partial charge in [-0.05, 0) is 31.9 Å². The fourth-order valence-corrected chi connectivity index (χ4v) is 3.39. The van der Waals surface area contributed by atoms with Crippen molar-refractivity contribution in [1.29, 1.82) is 0 Å². The van der Waals surface area contributed by atoms with Gasteiger partial charge < -0.3 is 9.80 Å². The molecule has 0 radical (unpaired) electrons. The van der Waals surface area contributed by atoms with E-state index in [0.29, 0.717) is 11.2 Å². The SMILES string of the molecule is C[C@@H]1C(=O)N(C)c2ccc(Cl)nc2N1C1CCCC1. The summed E-state index contributed by atoms with van der Waals surface area (Å²) < 4.78 is 0. The number of carbonyl (C=O) groups excluding carboxylic acids is 1. The molecule has 1 aliphatic carbocycles. The predicted octanol–water partition coefficient (Wildman–Crippen LogP) is 2.85. The first-order valence-electron chi connectivity index (χ1n) is 6.82. The molecule has 0 bridgehead atoms. The molecule has 0 N–H and O–H groups in total. The van der Waals surface area contributed by atoms with E-state index in [1.807, 2.05) is 13.0 Å². The molecule has 1 amide bonds. The van der Waals surface area contributed by atoms with Crippen LogP contribution in [0.4, 0.5) is 11.5 Å². The summed E-state index contributed by atoms with van der Waals surface area (Å²) in [5.74, 6) is 0.984. The lowest BCUT2D eigenvalue weighted by Crippen LogP contribution is -2.54. The van der Waals surface area contributed by atoms with Gasteiger partial charge in [-0.2, -0.15) is 0 Å². The van der Waals surface area contributed by atoms with E-state index in [-0.39, 0.29) is 11.9 Å². The van der Waals surface area contributed by atoms with Gasteiger partial charge in [0, 0.05) is 13.1 Å². The molecule has 0 aromatic carbocycles. The molecule has 1 aromatic heterocycles. The normalized spacial score (nSPS) is 23.9. The van der Waals surface area contributed by atoms with Gasteiger partial charge in [-0.15, -0.1) is 0 Å². The number of amides is 1. The monoisotopic (exact) mass is 279 g/mol. The van der Waals surface area contributed by atoms with Gasteiger partial charge in [0.2, 0.25) is 5.91 Å². The Hall–Kier alpha value is -1.29. The third-order valence-electron chi connectivity index (χ3n) is 4.25. The second kappa shape index (κ2) is 4.67. The van der Waals surface area contributed by atoms with Crippen molar-refractivity contribution in [2.24, 2.45) is 0 Å². The zero-order chi connectivity index (χ0) is 13.6. The van der Waals surface area contributed by atoms with E-state index in [1.54, 1.807) is 18.0 Å². The molecule has 1 aromatic rings. The number of carbonyl (C=O) groups is 1. The summed E-state index contributed by atoms with van der Waals surface area (Å²) in [6, 6.07) is 3.88. The molecule has 19 heavy (non-hydrogen) atoms. The van der Waals surface area contributed by atoms with Crippen LogP contribution in [0.15, 0.2) is 12.1 Å². The van der Waals surface area contributed by atoms with E-state index >= 15 is 0 Å². The number of nitrogens with zero attached hydrogens (tertiary/aromatic N) is 3. The minimum Gasteiger partial charge on any atom is -0.340 e. The zero-order valence-electron chi connectivity index (χ0n) is 11.3. The quantitative estimate of drug-likeness (QED) is 0.742. The second-order valence-corrected chi connectivity index (χ2v) is 5.78. The largest absolute Gasteiger partial charge is 0.340 e. The van der Waals surface area contributed by atoms with Gasteiger partial charge in [-0.25, -0.2) is 4.98 Å². The molecule has 1 saturated carbocycles. The third kappa shape index (κ3) is 1.98. The van der Waals surface area contributed by atoms with Crippen molar-refractivity contribution in [3.05, 3.63) is 17.3 Å². The topological polar surface area (TPSA) is 36.4 Å². The van der Waals surface area contributed by atoms with Crippen LogP contribution in [0.5, 0.6) is 0 Å². The number of halogens is 1. The van der Waals surface area contributed by atoms with Crippen molar-refractivity contribution >= 4 is 29.0 Å². The number of rotatable bonds is 1. The van der Waals surface area contributed by atoms with Crippen LogP contribution >= 0.6 is 11.6 Å². The maximum atomic E-state index is 12.4. The van der Waals surface area contributed by atoms with Crippen molar-refractivity contribution in [2.45, 2.75) is 44.7 Å². The molecular weight excluding hydrogens is 262 g/mol. The third-order valence-corrected chi connectivity index (χ3v) is 4.46. The molecule has 2 aliphatic rings. The Morgan fingerprint density at radius 1 is 1.32 bits per heavy atom. The average molecular weight is 280 g/mol. The van der Waals surface area contributed by atoms with Crippen LogP contribution in [0.3, 0.4) is 0 Å². The molecule has 102 valence electrons. The van der Waals surface area contributed by atoms with Crippen molar-refractivity contribution in [3.8, 4) is 0 Å². The maximum absolute atomic E-state index is 12.4. The zero-order valence-corrected chi connectivity index (χ0v) is 12.0. The fraction of sp³-hybridized carbons (Fsp3) is 0.571. The Kier molecular flexibility index (Phi) is 3.13. The lowest BCUT2D eigenvalue weighted by Gasteiger charge is -2.42. The van der Waals surface area contributed by atoms with Crippen molar-refractivity contribution < 1.29 is 4.79 Å². The fourth-order valence-electron chi connectivity index (χ4n) is 3.24. The second-order valence-electron chi connectivity index (χ2n) is 5.40. The van der Waals surface area contributed by atoms with E-state index in [4.69, 9.17) is 11.6 Å². The number of hydrogen-bond acceptors (Lipinski definition) is 3. The molecule has 4 nitrogen and oxygen atoms in total. The van der Waals surface area contributed by atoms with Gasteiger partial charge in [0.25, 0.3) is 0 Å². The first kappa shape index (κ1) is 12.7. The number of fused-ring (bicyclic) bond motifs is 1. The summed E-state index contributed by atoms with van der Waals surface area (Å²) in [5, 5.41) is 0.483. The number of aromatic nitrogens is 1. The lowest BCUT2D eigenvalue weighted by molar-refractivity contribution is -0.119. The smallest absolute Gasteiger partial charge is 0.249 e. The highest BCUT2D eigenvalue weighted by molar-refractivity contribution is 6.29. The molecule has 3 rings (SSSR count). The molecule has 0 spiro atoms. The highest BCUT2D eigenvalue weighted by Gasteiger charge is 2.39. The van der Waals surface area contributed by atoms with Crippen LogP contribution in [0, 0.1) is 0 Å². The van der Waals surface area contributed by atoms with Gasteiger partial charge in [-0.1, -0.05) is 24.4 Å². The van der Waals surface area contributed by atoms with Crippen LogP contribution < -0.4 is 9.80 Å². The number of hydrogen-bond donors (Lipinski definition) is 0. The standard InChI is InChI=1S/C14H18ClN3O/c1-9-14(19)17(2)11-7-8-12(15)16-13(11)18(9)10-5-3-4-6-10/h7-10H,3-6H2,1-2H3/t9-/m1/s1. The van der Waals surface area contributed by atoms with Crippen molar-refractivity contribution in [1.82, 2.24) is 4.98 Å². The van der Waals surface area contributed by atoms with Crippen LogP contribution in [0.2, 0.25) is 5.15 Å². The van der Waals surface area contributed by atoms with Crippen LogP contribution in [0.25, 0.3) is 0 Å². The van der Waals surface area contributed by atoms with Crippen LogP contribution in [-0.2, 0) is 4.79 Å². The van der Waals surface area contributed by atoms with Crippen molar-refractivity contribution in [3.63, 3.8) is 0 Å². The summed E-state index contributed by atoms with van der Waals surface area (Å²) in [4.78, 5) is 20.7. The summed E-state index contributed by atoms with van der Waals surface area (Å²) >= 11 is 6.04. The predicted molar refractivity (Wildman–Crippen MR) is 76.9 cm³/mol. The van der Waals surface area contributed by atoms with E-state index in [9.17, 15) is 4.79 Å². The Labute approximate surface area is 118 Å². The number of pyridine rings is 1. The van der Waals surface area contributed by atoms with Crippen LogP contribution in [-0.4, -0.2) is 30.0 Å². The van der Waals surface area contributed by atoms with Gasteiger partial charge in [0.1, 0.15) is 11.2 Å². The van der Waals surface area contributed by atoms with E-state index in [2.05, 4.69) is 9.88 Å². The first-order valence-corrected chi connectivity index (χ1v) is 7.20. The molecule has 5 heteroatoms. The highest BCUT2D eigenvalue weighted by atomic mass is 35.5. The summed E-state index contributed by atoms with van der Waals surface area (Å²) in [5.41, 5.74) is 0.861. The molecule has 1 fully saturated rings. The molecule has 1 aliphatic heterocycles. The summed E-state index contributed by atoms with van der Waals surface area (Å²) in [6.45, 7) is 1.96. The summed E-state index contributed by atoms with van der Waals surface area (Å²) in [7, 11) is 1.80. The molecule has 2 heterocycles. The maximum Gasteiger partial charge on any atom is 0.249 e. The minimum atomic E-state index is -0.161. The Morgan fingerprint density at radius 3 is 2.68 bits per heavy atom. The van der Waals surface area contributed by atoms with Gasteiger partial charge in [-0.3, -0.25) is 4.79 Å². The molecule has 0 unspecified atom stereocenters. The molecule has 1 atom stereocenters. The number of likely N-dealkylation sites (N-methyl/N-ethyl adjacent to an activating group) is 1. The van der Waals surface area contributed by atoms with Crippen LogP contribution in [0.1, 0.15) is 32.6 Å². The average Bonchev–Trinajstić information content (AvgIpc) is 2.90. The van der Waals surface area contributed by atoms with E-state index in [0.717, 1.165) is 24.3 Å². The van der Waals surface area contributed by atoms with Crippen molar-refractivity contribution in [2.75, 3.05) is 16.8 Å². The van der Waals surface area contributed by atoms with Gasteiger partial charge >= 0.3 is 0 Å². The Morgan fingerprint density at radius 2 is 2.00 bits per heavy atom.